The van der Waals surface area contributed by atoms with E-state index in [2.05, 4.69) is 35.5 Å². The number of aryl methyl sites for hydroxylation is 1. The Labute approximate surface area is 237 Å². The summed E-state index contributed by atoms with van der Waals surface area (Å²) < 4.78 is 56.9. The Morgan fingerprint density at radius 1 is 1.12 bits per heavy atom. The van der Waals surface area contributed by atoms with Gasteiger partial charge in [0.1, 0.15) is 35.3 Å². The van der Waals surface area contributed by atoms with Gasteiger partial charge < -0.3 is 16.0 Å². The summed E-state index contributed by atoms with van der Waals surface area (Å²) in [6, 6.07) is 8.85. The van der Waals surface area contributed by atoms with E-state index in [1.807, 2.05) is 6.07 Å². The molecule has 218 valence electrons. The summed E-state index contributed by atoms with van der Waals surface area (Å²) in [6.45, 7) is 3.47. The Balaban J connectivity index is 0.000000517. The molecule has 6 N–H and O–H groups in total. The second-order valence-corrected chi connectivity index (χ2v) is 10.4. The standard InChI is InChI=1S/C23H16F2N8O2.C3H8O3S/c1-10-30-21(33-32-10)11-3-2-4-12(7-11)31-23-16-14(8-27-22(16)28-9-29-23)19(34)17-15(24)6-5-13(18(17)25)20(26)35;1-2-3-7(4,5)6/h2-9H,1H3,(H2,26,35)(H,30,32,33)(H2,27,28,29,31);2-3H2,1H3,(H,4,5,6). The molecule has 3 aromatic heterocycles. The van der Waals surface area contributed by atoms with Crippen molar-refractivity contribution >= 4 is 44.3 Å². The van der Waals surface area contributed by atoms with Gasteiger partial charge in [-0.1, -0.05) is 19.1 Å². The van der Waals surface area contributed by atoms with Gasteiger partial charge in [0.05, 0.1) is 27.8 Å². The zero-order valence-corrected chi connectivity index (χ0v) is 23.0. The molecule has 0 fully saturated rings. The molecule has 3 heterocycles. The highest BCUT2D eigenvalue weighted by Crippen LogP contribution is 2.30. The van der Waals surface area contributed by atoms with Crippen molar-refractivity contribution in [3.05, 3.63) is 83.1 Å². The number of carbonyl (C=O) groups is 2. The van der Waals surface area contributed by atoms with Crippen molar-refractivity contribution in [3.8, 4) is 11.4 Å². The number of hydrogen-bond acceptors (Lipinski definition) is 9. The number of halogens is 2. The lowest BCUT2D eigenvalue weighted by atomic mass is 9.99. The summed E-state index contributed by atoms with van der Waals surface area (Å²) in [5, 5.41) is 10.2. The zero-order valence-electron chi connectivity index (χ0n) is 22.1. The number of aromatic amines is 2. The van der Waals surface area contributed by atoms with Crippen molar-refractivity contribution in [1.29, 1.82) is 0 Å². The predicted molar refractivity (Wildman–Crippen MR) is 149 cm³/mol. The lowest BCUT2D eigenvalue weighted by molar-refractivity contribution is 0.0996. The first-order valence-corrected chi connectivity index (χ1v) is 13.9. The van der Waals surface area contributed by atoms with Crippen LogP contribution in [0.2, 0.25) is 0 Å². The number of amides is 1. The molecule has 0 atom stereocenters. The maximum absolute atomic E-state index is 14.8. The fourth-order valence-corrected chi connectivity index (χ4v) is 4.44. The third-order valence-corrected chi connectivity index (χ3v) is 6.67. The Kier molecular flexibility index (Phi) is 8.68. The highest BCUT2D eigenvalue weighted by atomic mass is 32.2. The molecule has 16 heteroatoms. The van der Waals surface area contributed by atoms with Gasteiger partial charge >= 0.3 is 0 Å². The minimum atomic E-state index is -3.67. The number of H-pyrrole nitrogens is 2. The van der Waals surface area contributed by atoms with Crippen molar-refractivity contribution in [2.45, 2.75) is 20.3 Å². The van der Waals surface area contributed by atoms with Gasteiger partial charge in [-0.15, -0.1) is 0 Å². The maximum atomic E-state index is 14.8. The highest BCUT2D eigenvalue weighted by Gasteiger charge is 2.27. The maximum Gasteiger partial charge on any atom is 0.264 e. The first-order chi connectivity index (χ1) is 19.9. The van der Waals surface area contributed by atoms with E-state index in [-0.39, 0.29) is 28.2 Å². The summed E-state index contributed by atoms with van der Waals surface area (Å²) in [6.07, 6.45) is 3.02. The number of anilines is 2. The van der Waals surface area contributed by atoms with Crippen LogP contribution in [-0.4, -0.2) is 60.5 Å². The van der Waals surface area contributed by atoms with E-state index in [0.717, 1.165) is 17.7 Å². The van der Waals surface area contributed by atoms with Crippen molar-refractivity contribution < 1.29 is 31.3 Å². The Bertz CT molecular complexity index is 1910. The van der Waals surface area contributed by atoms with Crippen LogP contribution >= 0.6 is 0 Å². The average Bonchev–Trinajstić information content (AvgIpc) is 3.55. The van der Waals surface area contributed by atoms with Gasteiger partial charge in [-0.2, -0.15) is 13.5 Å². The second-order valence-electron chi connectivity index (χ2n) is 8.86. The number of rotatable bonds is 8. The molecule has 2 aromatic carbocycles. The Morgan fingerprint density at radius 2 is 1.88 bits per heavy atom. The van der Waals surface area contributed by atoms with E-state index < -0.39 is 44.6 Å². The van der Waals surface area contributed by atoms with Crippen LogP contribution in [0, 0.1) is 18.6 Å². The third-order valence-electron chi connectivity index (χ3n) is 5.74. The van der Waals surface area contributed by atoms with Gasteiger partial charge in [0, 0.05) is 17.4 Å². The van der Waals surface area contributed by atoms with Gasteiger partial charge in [0.25, 0.3) is 16.0 Å². The smallest absolute Gasteiger partial charge is 0.264 e. The SMILES string of the molecule is CCCS(=O)(=O)O.Cc1nc(-c2cccc(Nc3ncnc4[nH]cc(C(=O)c5c(F)ccc(C(N)=O)c5F)c34)c2)n[nH]1. The second kappa shape index (κ2) is 12.2. The number of primary amides is 1. The molecule has 0 bridgehead atoms. The number of carbonyl (C=O) groups excluding carboxylic acids is 2. The van der Waals surface area contributed by atoms with E-state index in [1.54, 1.807) is 32.0 Å². The van der Waals surface area contributed by atoms with E-state index >= 15 is 0 Å². The van der Waals surface area contributed by atoms with E-state index in [4.69, 9.17) is 10.3 Å². The summed E-state index contributed by atoms with van der Waals surface area (Å²) in [5.41, 5.74) is 5.14. The first-order valence-electron chi connectivity index (χ1n) is 12.3. The van der Waals surface area contributed by atoms with Crippen molar-refractivity contribution in [1.82, 2.24) is 30.1 Å². The molecule has 0 saturated heterocycles. The Morgan fingerprint density at radius 3 is 2.50 bits per heavy atom. The van der Waals surface area contributed by atoms with Crippen molar-refractivity contribution in [2.24, 2.45) is 5.73 Å². The largest absolute Gasteiger partial charge is 0.366 e. The lowest BCUT2D eigenvalue weighted by Crippen LogP contribution is -2.17. The van der Waals surface area contributed by atoms with Crippen LogP contribution in [0.5, 0.6) is 0 Å². The minimum absolute atomic E-state index is 0.0942. The molecule has 0 aliphatic heterocycles. The van der Waals surface area contributed by atoms with E-state index in [0.29, 0.717) is 23.8 Å². The topological polar surface area (TPSA) is 210 Å². The first kappa shape index (κ1) is 29.9. The Hall–Kier alpha value is -5.09. The molecule has 5 rings (SSSR count). The number of nitrogens with zero attached hydrogens (tertiary/aromatic N) is 4. The van der Waals surface area contributed by atoms with Gasteiger partial charge in [-0.05, 0) is 37.6 Å². The van der Waals surface area contributed by atoms with Gasteiger partial charge in [0.2, 0.25) is 5.78 Å². The normalized spacial score (nSPS) is 11.2. The van der Waals surface area contributed by atoms with Crippen LogP contribution in [0.4, 0.5) is 20.3 Å². The molecule has 13 nitrogen and oxygen atoms in total. The molecule has 0 unspecified atom stereocenters. The molecule has 0 aliphatic rings. The molecular weight excluding hydrogens is 574 g/mol. The fourth-order valence-electron chi connectivity index (χ4n) is 3.92. The molecule has 5 aromatic rings. The van der Waals surface area contributed by atoms with E-state index in [9.17, 15) is 26.8 Å². The van der Waals surface area contributed by atoms with Crippen molar-refractivity contribution in [3.63, 3.8) is 0 Å². The highest BCUT2D eigenvalue weighted by molar-refractivity contribution is 7.85. The number of nitrogens with one attached hydrogen (secondary N) is 3. The quantitative estimate of drug-likeness (QED) is 0.129. The molecule has 0 aliphatic carbocycles. The summed E-state index contributed by atoms with van der Waals surface area (Å²) in [5.74, 6) is -3.35. The number of aromatic nitrogens is 6. The van der Waals surface area contributed by atoms with Crippen LogP contribution in [0.3, 0.4) is 0 Å². The number of ketones is 1. The monoisotopic (exact) mass is 598 g/mol. The van der Waals surface area contributed by atoms with E-state index in [1.165, 1.54) is 12.5 Å². The minimum Gasteiger partial charge on any atom is -0.366 e. The molecule has 42 heavy (non-hydrogen) atoms. The third kappa shape index (κ3) is 6.61. The lowest BCUT2D eigenvalue weighted by Gasteiger charge is -2.10. The molecular formula is C26H24F2N8O5S. The van der Waals surface area contributed by atoms with Gasteiger partial charge in [-0.3, -0.25) is 19.2 Å². The number of benzene rings is 2. The fraction of sp³-hybridized carbons (Fsp3) is 0.154. The van der Waals surface area contributed by atoms with Gasteiger partial charge in [0.15, 0.2) is 5.82 Å². The summed E-state index contributed by atoms with van der Waals surface area (Å²) >= 11 is 0. The molecule has 0 spiro atoms. The van der Waals surface area contributed by atoms with Crippen LogP contribution < -0.4 is 11.1 Å². The zero-order chi connectivity index (χ0) is 30.6. The van der Waals surface area contributed by atoms with Crippen molar-refractivity contribution in [2.75, 3.05) is 11.1 Å². The molecule has 0 saturated carbocycles. The summed E-state index contributed by atoms with van der Waals surface area (Å²) in [7, 11) is -3.67. The predicted octanol–water partition coefficient (Wildman–Crippen LogP) is 3.69. The van der Waals surface area contributed by atoms with Crippen LogP contribution in [-0.2, 0) is 10.1 Å². The number of fused-ring (bicyclic) bond motifs is 1. The number of nitrogens with two attached hydrogens (primary N) is 1. The van der Waals surface area contributed by atoms with Gasteiger partial charge in [-0.25, -0.2) is 23.7 Å². The molecule has 0 radical (unpaired) electrons. The van der Waals surface area contributed by atoms with Crippen LogP contribution in [0.15, 0.2) is 48.9 Å². The molecule has 1 amide bonds. The number of hydrogen-bond donors (Lipinski definition) is 5. The van der Waals surface area contributed by atoms with Crippen LogP contribution in [0.1, 0.15) is 45.4 Å². The average molecular weight is 599 g/mol. The summed E-state index contributed by atoms with van der Waals surface area (Å²) in [4.78, 5) is 40.1. The van der Waals surface area contributed by atoms with Crippen LogP contribution in [0.25, 0.3) is 22.4 Å².